The van der Waals surface area contributed by atoms with Crippen LogP contribution in [0.25, 0.3) is 22.2 Å². The van der Waals surface area contributed by atoms with Crippen LogP contribution < -0.4 is 15.2 Å². The molecule has 3 N–H and O–H groups in total. The number of benzene rings is 2. The van der Waals surface area contributed by atoms with E-state index in [0.29, 0.717) is 18.0 Å². The predicted octanol–water partition coefficient (Wildman–Crippen LogP) is 3.20. The van der Waals surface area contributed by atoms with Crippen molar-refractivity contribution >= 4 is 32.3 Å². The van der Waals surface area contributed by atoms with E-state index >= 15 is 0 Å². The molecule has 1 aromatic heterocycles. The SMILES string of the molecule is CCOc1ccc2c(N)c(-c3ccc(NS(C)(=O)=O)cc3)n(C)c2c1. The number of aromatic nitrogens is 1. The number of nitrogens with two attached hydrogens (primary N) is 1. The van der Waals surface area contributed by atoms with Crippen LogP contribution in [0, 0.1) is 0 Å². The van der Waals surface area contributed by atoms with E-state index in [9.17, 15) is 8.42 Å². The fraction of sp³-hybridized carbons (Fsp3) is 0.222. The molecule has 1 heterocycles. The van der Waals surface area contributed by atoms with Crippen LogP contribution in [-0.2, 0) is 17.1 Å². The van der Waals surface area contributed by atoms with Crippen LogP contribution in [0.4, 0.5) is 11.4 Å². The third-order valence-corrected chi connectivity index (χ3v) is 4.59. The molecule has 0 atom stereocenters. The van der Waals surface area contributed by atoms with E-state index in [0.717, 1.165) is 34.2 Å². The molecule has 7 heteroatoms. The van der Waals surface area contributed by atoms with Gasteiger partial charge in [0.15, 0.2) is 0 Å². The molecule has 0 radical (unpaired) electrons. The lowest BCUT2D eigenvalue weighted by Gasteiger charge is -2.08. The number of hydrogen-bond acceptors (Lipinski definition) is 4. The molecule has 3 aromatic rings. The maximum absolute atomic E-state index is 11.3. The molecule has 3 rings (SSSR count). The van der Waals surface area contributed by atoms with Gasteiger partial charge in [0.25, 0.3) is 0 Å². The molecule has 0 bridgehead atoms. The highest BCUT2D eigenvalue weighted by atomic mass is 32.2. The average molecular weight is 359 g/mol. The summed E-state index contributed by atoms with van der Waals surface area (Å²) in [5.41, 5.74) is 10.3. The van der Waals surface area contributed by atoms with E-state index < -0.39 is 10.0 Å². The summed E-state index contributed by atoms with van der Waals surface area (Å²) in [6.45, 7) is 2.55. The summed E-state index contributed by atoms with van der Waals surface area (Å²) in [4.78, 5) is 0. The Labute approximate surface area is 147 Å². The maximum Gasteiger partial charge on any atom is 0.229 e. The number of fused-ring (bicyclic) bond motifs is 1. The van der Waals surface area contributed by atoms with Crippen molar-refractivity contribution in [3.63, 3.8) is 0 Å². The largest absolute Gasteiger partial charge is 0.494 e. The molecular weight excluding hydrogens is 338 g/mol. The third kappa shape index (κ3) is 3.41. The fourth-order valence-electron chi connectivity index (χ4n) is 2.96. The minimum Gasteiger partial charge on any atom is -0.494 e. The normalized spacial score (nSPS) is 11.6. The summed E-state index contributed by atoms with van der Waals surface area (Å²) < 4.78 is 32.7. The third-order valence-electron chi connectivity index (χ3n) is 3.98. The van der Waals surface area contributed by atoms with E-state index in [2.05, 4.69) is 4.72 Å². The predicted molar refractivity (Wildman–Crippen MR) is 102 cm³/mol. The van der Waals surface area contributed by atoms with Crippen molar-refractivity contribution in [2.24, 2.45) is 7.05 Å². The quantitative estimate of drug-likeness (QED) is 0.732. The number of rotatable bonds is 5. The van der Waals surface area contributed by atoms with Gasteiger partial charge >= 0.3 is 0 Å². The highest BCUT2D eigenvalue weighted by molar-refractivity contribution is 7.92. The molecule has 0 saturated heterocycles. The molecule has 2 aromatic carbocycles. The highest BCUT2D eigenvalue weighted by Gasteiger charge is 2.15. The molecule has 132 valence electrons. The Morgan fingerprint density at radius 1 is 1.16 bits per heavy atom. The number of nitrogen functional groups attached to an aromatic ring is 1. The number of sulfonamides is 1. The van der Waals surface area contributed by atoms with Crippen LogP contribution in [0.1, 0.15) is 6.92 Å². The van der Waals surface area contributed by atoms with E-state index in [1.165, 1.54) is 0 Å². The monoisotopic (exact) mass is 359 g/mol. The van der Waals surface area contributed by atoms with Gasteiger partial charge in [0.05, 0.1) is 29.8 Å². The molecule has 25 heavy (non-hydrogen) atoms. The van der Waals surface area contributed by atoms with Gasteiger partial charge in [-0.2, -0.15) is 0 Å². The standard InChI is InChI=1S/C18H21N3O3S/c1-4-24-14-9-10-15-16(11-14)21(2)18(17(15)19)12-5-7-13(8-6-12)20-25(3,22)23/h5-11,20H,4,19H2,1-3H3. The van der Waals surface area contributed by atoms with Crippen LogP contribution in [-0.4, -0.2) is 25.8 Å². The van der Waals surface area contributed by atoms with Crippen molar-refractivity contribution in [3.8, 4) is 17.0 Å². The van der Waals surface area contributed by atoms with Crippen molar-refractivity contribution < 1.29 is 13.2 Å². The van der Waals surface area contributed by atoms with Gasteiger partial charge in [0.2, 0.25) is 10.0 Å². The van der Waals surface area contributed by atoms with Crippen molar-refractivity contribution in [1.82, 2.24) is 4.57 Å². The summed E-state index contributed by atoms with van der Waals surface area (Å²) in [5.74, 6) is 0.801. The Balaban J connectivity index is 2.06. The van der Waals surface area contributed by atoms with Gasteiger partial charge in [-0.25, -0.2) is 8.42 Å². The van der Waals surface area contributed by atoms with E-state index in [1.54, 1.807) is 12.1 Å². The van der Waals surface area contributed by atoms with Crippen LogP contribution in [0.15, 0.2) is 42.5 Å². The van der Waals surface area contributed by atoms with Gasteiger partial charge in [-0.05, 0) is 31.2 Å². The van der Waals surface area contributed by atoms with Crippen molar-refractivity contribution in [2.75, 3.05) is 23.3 Å². The second kappa shape index (κ2) is 6.33. The highest BCUT2D eigenvalue weighted by Crippen LogP contribution is 2.37. The number of anilines is 2. The van der Waals surface area contributed by atoms with Crippen LogP contribution in [0.5, 0.6) is 5.75 Å². The average Bonchev–Trinajstić information content (AvgIpc) is 2.78. The molecule has 0 amide bonds. The topological polar surface area (TPSA) is 86.3 Å². The zero-order valence-electron chi connectivity index (χ0n) is 14.4. The molecule has 0 unspecified atom stereocenters. The van der Waals surface area contributed by atoms with Gasteiger partial charge in [-0.3, -0.25) is 4.72 Å². The smallest absolute Gasteiger partial charge is 0.229 e. The first-order valence-corrected chi connectivity index (χ1v) is 9.78. The van der Waals surface area contributed by atoms with Crippen LogP contribution in [0.3, 0.4) is 0 Å². The van der Waals surface area contributed by atoms with Gasteiger partial charge < -0.3 is 15.0 Å². The first-order valence-electron chi connectivity index (χ1n) is 7.89. The lowest BCUT2D eigenvalue weighted by atomic mass is 10.1. The molecule has 0 fully saturated rings. The molecule has 6 nitrogen and oxygen atoms in total. The first kappa shape index (κ1) is 17.2. The second-order valence-corrected chi connectivity index (χ2v) is 7.63. The summed E-state index contributed by atoms with van der Waals surface area (Å²) in [6.07, 6.45) is 1.12. The van der Waals surface area contributed by atoms with Crippen molar-refractivity contribution in [1.29, 1.82) is 0 Å². The molecular formula is C18H21N3O3S. The van der Waals surface area contributed by atoms with Gasteiger partial charge in [0, 0.05) is 29.8 Å². The van der Waals surface area contributed by atoms with Crippen molar-refractivity contribution in [2.45, 2.75) is 6.92 Å². The number of nitrogens with one attached hydrogen (secondary N) is 1. The van der Waals surface area contributed by atoms with Gasteiger partial charge in [-0.15, -0.1) is 0 Å². The van der Waals surface area contributed by atoms with Crippen molar-refractivity contribution in [3.05, 3.63) is 42.5 Å². The Hall–Kier alpha value is -2.67. The minimum atomic E-state index is -3.30. The molecule has 0 aliphatic heterocycles. The number of hydrogen-bond donors (Lipinski definition) is 2. The van der Waals surface area contributed by atoms with Gasteiger partial charge in [-0.1, -0.05) is 12.1 Å². The summed E-state index contributed by atoms with van der Waals surface area (Å²) in [7, 11) is -1.34. The summed E-state index contributed by atoms with van der Waals surface area (Å²) in [5, 5.41) is 0.958. The summed E-state index contributed by atoms with van der Waals surface area (Å²) >= 11 is 0. The molecule has 0 aliphatic rings. The van der Waals surface area contributed by atoms with Crippen LogP contribution in [0.2, 0.25) is 0 Å². The van der Waals surface area contributed by atoms with E-state index in [-0.39, 0.29) is 0 Å². The Morgan fingerprint density at radius 3 is 2.44 bits per heavy atom. The first-order chi connectivity index (χ1) is 11.8. The number of ether oxygens (including phenoxy) is 1. The second-order valence-electron chi connectivity index (χ2n) is 5.88. The van der Waals surface area contributed by atoms with E-state index in [4.69, 9.17) is 10.5 Å². The van der Waals surface area contributed by atoms with E-state index in [1.807, 2.05) is 48.9 Å². The number of nitrogens with zero attached hydrogens (tertiary/aromatic N) is 1. The summed E-state index contributed by atoms with van der Waals surface area (Å²) in [6, 6.07) is 13.0. The Kier molecular flexibility index (Phi) is 4.34. The number of aryl methyl sites for hydroxylation is 1. The van der Waals surface area contributed by atoms with Gasteiger partial charge in [0.1, 0.15) is 5.75 Å². The molecule has 0 aliphatic carbocycles. The molecule has 0 saturated carbocycles. The van der Waals surface area contributed by atoms with Crippen LogP contribution >= 0.6 is 0 Å². The Morgan fingerprint density at radius 2 is 1.84 bits per heavy atom. The zero-order valence-corrected chi connectivity index (χ0v) is 15.2. The fourth-order valence-corrected chi connectivity index (χ4v) is 3.53. The lowest BCUT2D eigenvalue weighted by Crippen LogP contribution is -2.09. The Bertz CT molecular complexity index is 1020. The lowest BCUT2D eigenvalue weighted by molar-refractivity contribution is 0.340. The molecule has 0 spiro atoms. The zero-order chi connectivity index (χ0) is 18.2. The maximum atomic E-state index is 11.3. The minimum absolute atomic E-state index is 0.516.